The van der Waals surface area contributed by atoms with Gasteiger partial charge in [0.25, 0.3) is 0 Å². The van der Waals surface area contributed by atoms with Crippen LogP contribution in [-0.4, -0.2) is 17.4 Å². The second-order valence-electron chi connectivity index (χ2n) is 11.9. The van der Waals surface area contributed by atoms with Crippen molar-refractivity contribution in [1.29, 1.82) is 0 Å². The summed E-state index contributed by atoms with van der Waals surface area (Å²) in [5.41, 5.74) is 1.57. The Bertz CT molecular complexity index is 628. The Morgan fingerprint density at radius 3 is 2.70 bits per heavy atom. The molecule has 1 heterocycles. The van der Waals surface area contributed by atoms with Crippen LogP contribution < -0.4 is 5.32 Å². The quantitative estimate of drug-likeness (QED) is 0.682. The lowest BCUT2D eigenvalue weighted by molar-refractivity contribution is -0.228. The maximum atomic E-state index is 11.5. The van der Waals surface area contributed by atoms with E-state index in [0.29, 0.717) is 28.1 Å². The largest absolute Gasteiger partial charge is 0.307 e. The van der Waals surface area contributed by atoms with Gasteiger partial charge < -0.3 is 10.1 Å². The van der Waals surface area contributed by atoms with Crippen LogP contribution in [0.5, 0.6) is 0 Å². The average molecular weight is 372 g/mol. The number of Topliss-reactive ketones (excluding diaryl/α,β-unsaturated/α-hetero) is 1. The smallest absolute Gasteiger partial charge is 0.129 e. The summed E-state index contributed by atoms with van der Waals surface area (Å²) in [4.78, 5) is 11.5. The fraction of sp³-hybridized carbons (Fsp3) is 0.960. The molecule has 2 heteroatoms. The molecule has 1 N–H and O–H groups in total. The second-order valence-corrected chi connectivity index (χ2v) is 11.9. The molecule has 0 amide bonds. The van der Waals surface area contributed by atoms with E-state index in [9.17, 15) is 4.79 Å². The van der Waals surface area contributed by atoms with E-state index in [0.717, 1.165) is 42.6 Å². The predicted molar refractivity (Wildman–Crippen MR) is 110 cm³/mol. The normalized spacial score (nSPS) is 54.3. The fourth-order valence-corrected chi connectivity index (χ4v) is 9.63. The molecular formula is C25H41NO. The minimum Gasteiger partial charge on any atom is -0.307 e. The van der Waals surface area contributed by atoms with Crippen LogP contribution in [0.2, 0.25) is 0 Å². The van der Waals surface area contributed by atoms with Crippen LogP contribution in [0.4, 0.5) is 0 Å². The summed E-state index contributed by atoms with van der Waals surface area (Å²) in [5, 5.41) is 4.20. The van der Waals surface area contributed by atoms with Crippen molar-refractivity contribution in [1.82, 2.24) is 5.32 Å². The predicted octanol–water partition coefficient (Wildman–Crippen LogP) is 5.75. The first-order valence-corrected chi connectivity index (χ1v) is 12.1. The molecule has 5 aliphatic rings. The molecular weight excluding hydrogens is 330 g/mol. The maximum absolute atomic E-state index is 11.5. The third-order valence-corrected chi connectivity index (χ3v) is 11.0. The number of hydrogen-bond acceptors (Lipinski definition) is 2. The molecule has 2 bridgehead atoms. The number of piperidine rings is 1. The molecule has 1 saturated heterocycles. The van der Waals surface area contributed by atoms with Gasteiger partial charge in [-0.3, -0.25) is 0 Å². The lowest BCUT2D eigenvalue weighted by atomic mass is 9.36. The molecule has 5 fully saturated rings. The van der Waals surface area contributed by atoms with Crippen molar-refractivity contribution in [2.75, 3.05) is 0 Å². The van der Waals surface area contributed by atoms with Crippen molar-refractivity contribution in [2.45, 2.75) is 110 Å². The third kappa shape index (κ3) is 2.31. The van der Waals surface area contributed by atoms with Gasteiger partial charge in [0, 0.05) is 18.0 Å². The molecule has 5 rings (SSSR count). The minimum atomic E-state index is 0.373. The van der Waals surface area contributed by atoms with Gasteiger partial charge in [0.05, 0.1) is 0 Å². The summed E-state index contributed by atoms with van der Waals surface area (Å²) < 4.78 is 0. The van der Waals surface area contributed by atoms with Crippen LogP contribution in [0.25, 0.3) is 0 Å². The van der Waals surface area contributed by atoms with Crippen molar-refractivity contribution in [2.24, 2.45) is 40.4 Å². The highest BCUT2D eigenvalue weighted by Gasteiger charge is 2.74. The molecule has 27 heavy (non-hydrogen) atoms. The van der Waals surface area contributed by atoms with Crippen LogP contribution in [0.15, 0.2) is 0 Å². The van der Waals surface area contributed by atoms with Crippen LogP contribution in [0.3, 0.4) is 0 Å². The van der Waals surface area contributed by atoms with Gasteiger partial charge in [0.15, 0.2) is 0 Å². The zero-order valence-electron chi connectivity index (χ0n) is 18.2. The number of carbonyl (C=O) groups excluding carboxylic acids is 1. The van der Waals surface area contributed by atoms with Crippen LogP contribution in [0, 0.1) is 40.4 Å². The van der Waals surface area contributed by atoms with E-state index in [2.05, 4.69) is 26.1 Å². The van der Waals surface area contributed by atoms with Gasteiger partial charge >= 0.3 is 0 Å². The van der Waals surface area contributed by atoms with Gasteiger partial charge in [-0.1, -0.05) is 33.6 Å². The molecule has 1 aliphatic heterocycles. The van der Waals surface area contributed by atoms with E-state index >= 15 is 0 Å². The van der Waals surface area contributed by atoms with E-state index < -0.39 is 0 Å². The summed E-state index contributed by atoms with van der Waals surface area (Å²) in [6.07, 6.45) is 15.0. The highest BCUT2D eigenvalue weighted by atomic mass is 16.1. The standard InChI is InChI=1S/C25H41NO/c1-16(8-9-17(2)27)19-10-11-20-22-21-15-18-7-5-6-12-24(18,4)25(22,26-21)14-13-23(19,20)3/h16,18-22,26H,5-15H2,1-4H3. The third-order valence-electron chi connectivity index (χ3n) is 11.0. The summed E-state index contributed by atoms with van der Waals surface area (Å²) in [5.74, 6) is 4.80. The first kappa shape index (κ1) is 18.6. The molecule has 0 radical (unpaired) electrons. The molecule has 9 unspecified atom stereocenters. The van der Waals surface area contributed by atoms with Gasteiger partial charge in [-0.15, -0.1) is 0 Å². The second kappa shape index (κ2) is 6.07. The topological polar surface area (TPSA) is 29.1 Å². The Kier molecular flexibility index (Phi) is 4.19. The Balaban J connectivity index is 1.40. The van der Waals surface area contributed by atoms with Gasteiger partial charge in [0.2, 0.25) is 0 Å². The van der Waals surface area contributed by atoms with E-state index in [1.807, 2.05) is 0 Å². The Morgan fingerprint density at radius 2 is 1.93 bits per heavy atom. The highest BCUT2D eigenvalue weighted by Crippen LogP contribution is 2.73. The van der Waals surface area contributed by atoms with E-state index in [1.165, 1.54) is 57.8 Å². The lowest BCUT2D eigenvalue weighted by Crippen LogP contribution is -2.86. The number of fused-ring (bicyclic) bond motifs is 2. The van der Waals surface area contributed by atoms with Crippen molar-refractivity contribution in [3.8, 4) is 0 Å². The Labute approximate surface area is 166 Å². The highest BCUT2D eigenvalue weighted by molar-refractivity contribution is 5.75. The fourth-order valence-electron chi connectivity index (χ4n) is 9.63. The summed E-state index contributed by atoms with van der Waals surface area (Å²) in [6.45, 7) is 9.54. The van der Waals surface area contributed by atoms with Crippen molar-refractivity contribution in [3.63, 3.8) is 0 Å². The number of rotatable bonds is 4. The molecule has 0 aromatic heterocycles. The monoisotopic (exact) mass is 371 g/mol. The Morgan fingerprint density at radius 1 is 1.11 bits per heavy atom. The van der Waals surface area contributed by atoms with Crippen LogP contribution in [0.1, 0.15) is 98.3 Å². The van der Waals surface area contributed by atoms with Gasteiger partial charge in [-0.25, -0.2) is 0 Å². The lowest BCUT2D eigenvalue weighted by Gasteiger charge is -2.77. The van der Waals surface area contributed by atoms with E-state index in [1.54, 1.807) is 6.92 Å². The molecule has 0 spiro atoms. The van der Waals surface area contributed by atoms with Crippen molar-refractivity contribution in [3.05, 3.63) is 0 Å². The molecule has 4 aliphatic carbocycles. The van der Waals surface area contributed by atoms with Crippen molar-refractivity contribution >= 4 is 5.78 Å². The summed E-state index contributed by atoms with van der Waals surface area (Å²) in [7, 11) is 0. The SMILES string of the molecule is CC(=O)CCC(C)C1CCC2C3C4CC5CCCCC5(C)C3(CCC12C)N4. The molecule has 152 valence electrons. The first-order valence-electron chi connectivity index (χ1n) is 12.1. The maximum Gasteiger partial charge on any atom is 0.129 e. The van der Waals surface area contributed by atoms with Gasteiger partial charge in [0.1, 0.15) is 5.78 Å². The molecule has 4 saturated carbocycles. The molecule has 0 aromatic carbocycles. The molecule has 0 aromatic rings. The molecule has 2 nitrogen and oxygen atoms in total. The number of ketones is 1. The van der Waals surface area contributed by atoms with E-state index in [4.69, 9.17) is 0 Å². The Hall–Kier alpha value is -0.370. The molecule has 9 atom stereocenters. The van der Waals surface area contributed by atoms with Crippen molar-refractivity contribution < 1.29 is 4.79 Å². The zero-order valence-corrected chi connectivity index (χ0v) is 18.2. The minimum absolute atomic E-state index is 0.373. The van der Waals surface area contributed by atoms with Crippen LogP contribution >= 0.6 is 0 Å². The zero-order chi connectivity index (χ0) is 19.0. The first-order chi connectivity index (χ1) is 12.8. The van der Waals surface area contributed by atoms with E-state index in [-0.39, 0.29) is 0 Å². The summed E-state index contributed by atoms with van der Waals surface area (Å²) >= 11 is 0. The number of hydrogen-bond donors (Lipinski definition) is 1. The van der Waals surface area contributed by atoms with Gasteiger partial charge in [-0.05, 0) is 98.7 Å². The average Bonchev–Trinajstić information content (AvgIpc) is 2.95. The number of carbonyl (C=O) groups is 1. The van der Waals surface area contributed by atoms with Gasteiger partial charge in [-0.2, -0.15) is 0 Å². The van der Waals surface area contributed by atoms with Crippen LogP contribution in [-0.2, 0) is 4.79 Å². The summed E-state index contributed by atoms with van der Waals surface area (Å²) in [6, 6.07) is 0.817. The number of nitrogens with one attached hydrogen (secondary N) is 1.